The van der Waals surface area contributed by atoms with Crippen molar-refractivity contribution < 1.29 is 24.0 Å². The highest BCUT2D eigenvalue weighted by Crippen LogP contribution is 2.13. The SMILES string of the molecule is CCCCCC/C=C\CCCCCCCC(=O)N[C@@H](CCCCN)C(=O)N[C@@H](CCCCN)C(=O)NCCCCCCCCCCCC(=O)N[C@@H](CCCCN)C(N)=O. The summed E-state index contributed by atoms with van der Waals surface area (Å²) < 4.78 is 0. The Kier molecular flexibility index (Phi) is 39.6. The zero-order valence-corrected chi connectivity index (χ0v) is 37.5. The predicted molar refractivity (Wildman–Crippen MR) is 243 cm³/mol. The van der Waals surface area contributed by atoms with Crippen LogP contribution in [0, 0.1) is 0 Å². The first-order valence-corrected chi connectivity index (χ1v) is 23.9. The standard InChI is InChI=1S/C46H90N8O5/c1-2-3-4-5-6-7-8-9-10-12-15-19-22-34-43(56)53-41(32-25-28-37-49)46(59)54-40(31-24-27-36-48)45(58)51-38-29-20-17-14-11-13-16-18-21-33-42(55)52-39(44(50)57)30-23-26-35-47/h7-8,39-41H,2-6,9-38,47-49H2,1H3,(H2,50,57)(H,51,58)(H,52,55)(H,53,56)(H,54,59)/b8-7-/t39-,40-,41-/m0/s1. The molecule has 0 aromatic carbocycles. The molecule has 0 fully saturated rings. The van der Waals surface area contributed by atoms with Crippen LogP contribution in [0.3, 0.4) is 0 Å². The van der Waals surface area contributed by atoms with E-state index in [1.54, 1.807) is 0 Å². The molecule has 13 nitrogen and oxygen atoms in total. The lowest BCUT2D eigenvalue weighted by Gasteiger charge is -2.23. The molecule has 0 spiro atoms. The molecule has 59 heavy (non-hydrogen) atoms. The van der Waals surface area contributed by atoms with Crippen LogP contribution < -0.4 is 44.2 Å². The van der Waals surface area contributed by atoms with Gasteiger partial charge in [-0.3, -0.25) is 24.0 Å². The van der Waals surface area contributed by atoms with Crippen LogP contribution in [0.25, 0.3) is 0 Å². The number of nitrogens with one attached hydrogen (secondary N) is 4. The highest BCUT2D eigenvalue weighted by atomic mass is 16.2. The first-order chi connectivity index (χ1) is 28.7. The number of unbranched alkanes of at least 4 members (excludes halogenated alkanes) is 20. The molecule has 0 aromatic rings. The average molecular weight is 835 g/mol. The molecule has 0 aliphatic heterocycles. The van der Waals surface area contributed by atoms with Crippen LogP contribution in [0.15, 0.2) is 12.2 Å². The van der Waals surface area contributed by atoms with Gasteiger partial charge >= 0.3 is 0 Å². The second kappa shape index (κ2) is 41.7. The van der Waals surface area contributed by atoms with E-state index in [0.717, 1.165) is 116 Å². The molecule has 0 unspecified atom stereocenters. The summed E-state index contributed by atoms with van der Waals surface area (Å²) in [4.78, 5) is 63.5. The fraction of sp³-hybridized carbons (Fsp3) is 0.848. The van der Waals surface area contributed by atoms with Gasteiger partial charge < -0.3 is 44.2 Å². The topological polar surface area (TPSA) is 238 Å². The smallest absolute Gasteiger partial charge is 0.243 e. The first kappa shape index (κ1) is 56.0. The molecule has 12 N–H and O–H groups in total. The molecular weight excluding hydrogens is 745 g/mol. The summed E-state index contributed by atoms with van der Waals surface area (Å²) in [6, 6.07) is -2.01. The summed E-state index contributed by atoms with van der Waals surface area (Å²) >= 11 is 0. The zero-order chi connectivity index (χ0) is 43.6. The Balaban J connectivity index is 4.48. The number of carbonyl (C=O) groups is 5. The summed E-state index contributed by atoms with van der Waals surface area (Å²) in [6.07, 6.45) is 33.2. The van der Waals surface area contributed by atoms with Gasteiger partial charge in [-0.25, -0.2) is 0 Å². The average Bonchev–Trinajstić information content (AvgIpc) is 3.21. The molecule has 0 radical (unpaired) electrons. The van der Waals surface area contributed by atoms with Crippen molar-refractivity contribution in [3.05, 3.63) is 12.2 Å². The van der Waals surface area contributed by atoms with E-state index in [4.69, 9.17) is 22.9 Å². The summed E-state index contributed by atoms with van der Waals surface area (Å²) in [5.74, 6) is -1.28. The van der Waals surface area contributed by atoms with Crippen molar-refractivity contribution in [2.75, 3.05) is 26.2 Å². The van der Waals surface area contributed by atoms with Gasteiger partial charge in [0.25, 0.3) is 0 Å². The molecule has 0 aromatic heterocycles. The van der Waals surface area contributed by atoms with Crippen molar-refractivity contribution in [3.8, 4) is 0 Å². The first-order valence-electron chi connectivity index (χ1n) is 23.9. The Labute approximate surface area is 359 Å². The number of amides is 5. The van der Waals surface area contributed by atoms with Gasteiger partial charge in [0, 0.05) is 19.4 Å². The molecule has 3 atom stereocenters. The highest BCUT2D eigenvalue weighted by molar-refractivity contribution is 5.92. The predicted octanol–water partition coefficient (Wildman–Crippen LogP) is 6.59. The third-order valence-electron chi connectivity index (χ3n) is 10.8. The van der Waals surface area contributed by atoms with Gasteiger partial charge in [0.1, 0.15) is 18.1 Å². The molecule has 0 rings (SSSR count). The van der Waals surface area contributed by atoms with Crippen LogP contribution in [-0.4, -0.2) is 73.8 Å². The highest BCUT2D eigenvalue weighted by Gasteiger charge is 2.26. The molecule has 0 aliphatic carbocycles. The summed E-state index contributed by atoms with van der Waals surface area (Å²) in [5, 5.41) is 11.7. The second-order valence-electron chi connectivity index (χ2n) is 16.4. The fourth-order valence-electron chi connectivity index (χ4n) is 7.09. The van der Waals surface area contributed by atoms with Crippen LogP contribution in [0.2, 0.25) is 0 Å². The number of hydrogen-bond acceptors (Lipinski definition) is 8. The van der Waals surface area contributed by atoms with Gasteiger partial charge in [0.05, 0.1) is 0 Å². The number of carbonyl (C=O) groups excluding carboxylic acids is 5. The number of nitrogens with two attached hydrogens (primary N) is 4. The van der Waals surface area contributed by atoms with Crippen molar-refractivity contribution in [1.82, 2.24) is 21.3 Å². The number of allylic oxidation sites excluding steroid dienone is 2. The molecule has 0 heterocycles. The number of rotatable bonds is 43. The Morgan fingerprint density at radius 3 is 1.29 bits per heavy atom. The van der Waals surface area contributed by atoms with E-state index in [2.05, 4.69) is 40.3 Å². The zero-order valence-electron chi connectivity index (χ0n) is 37.5. The van der Waals surface area contributed by atoms with Crippen molar-refractivity contribution in [2.45, 2.75) is 224 Å². The Bertz CT molecular complexity index is 1090. The van der Waals surface area contributed by atoms with Gasteiger partial charge in [0.2, 0.25) is 29.5 Å². The molecule has 0 aliphatic rings. The van der Waals surface area contributed by atoms with Gasteiger partial charge in [0.15, 0.2) is 0 Å². The molecule has 5 amide bonds. The third kappa shape index (κ3) is 35.4. The van der Waals surface area contributed by atoms with Crippen molar-refractivity contribution in [3.63, 3.8) is 0 Å². The minimum atomic E-state index is -0.704. The van der Waals surface area contributed by atoms with Crippen LogP contribution in [0.1, 0.15) is 206 Å². The lowest BCUT2D eigenvalue weighted by molar-refractivity contribution is -0.132. The fourth-order valence-corrected chi connectivity index (χ4v) is 7.09. The van der Waals surface area contributed by atoms with Crippen LogP contribution in [0.4, 0.5) is 0 Å². The monoisotopic (exact) mass is 835 g/mol. The normalized spacial score (nSPS) is 12.9. The van der Waals surface area contributed by atoms with E-state index in [1.165, 1.54) is 38.5 Å². The lowest BCUT2D eigenvalue weighted by Crippen LogP contribution is -2.53. The summed E-state index contributed by atoms with van der Waals surface area (Å²) in [6.45, 7) is 4.36. The largest absolute Gasteiger partial charge is 0.368 e. The van der Waals surface area contributed by atoms with Gasteiger partial charge in [-0.05, 0) is 122 Å². The summed E-state index contributed by atoms with van der Waals surface area (Å²) in [7, 11) is 0. The van der Waals surface area contributed by atoms with Gasteiger partial charge in [-0.15, -0.1) is 0 Å². The van der Waals surface area contributed by atoms with E-state index in [0.29, 0.717) is 71.1 Å². The van der Waals surface area contributed by atoms with Crippen LogP contribution in [-0.2, 0) is 24.0 Å². The van der Waals surface area contributed by atoms with E-state index in [-0.39, 0.29) is 23.6 Å². The summed E-state index contributed by atoms with van der Waals surface area (Å²) in [5.41, 5.74) is 22.4. The maximum Gasteiger partial charge on any atom is 0.243 e. The molecule has 0 saturated carbocycles. The maximum atomic E-state index is 13.5. The Morgan fingerprint density at radius 1 is 0.441 bits per heavy atom. The quantitative estimate of drug-likeness (QED) is 0.0246. The van der Waals surface area contributed by atoms with Crippen molar-refractivity contribution in [1.29, 1.82) is 0 Å². The van der Waals surface area contributed by atoms with Crippen LogP contribution >= 0.6 is 0 Å². The van der Waals surface area contributed by atoms with Crippen LogP contribution in [0.5, 0.6) is 0 Å². The van der Waals surface area contributed by atoms with E-state index in [9.17, 15) is 24.0 Å². The van der Waals surface area contributed by atoms with Crippen molar-refractivity contribution in [2.24, 2.45) is 22.9 Å². The minimum absolute atomic E-state index is 0.126. The van der Waals surface area contributed by atoms with E-state index >= 15 is 0 Å². The number of hydrogen-bond donors (Lipinski definition) is 8. The van der Waals surface area contributed by atoms with Crippen molar-refractivity contribution >= 4 is 29.5 Å². The molecule has 344 valence electrons. The minimum Gasteiger partial charge on any atom is -0.368 e. The number of primary amides is 1. The Hall–Kier alpha value is -3.03. The van der Waals surface area contributed by atoms with Gasteiger partial charge in [-0.2, -0.15) is 0 Å². The third-order valence-corrected chi connectivity index (χ3v) is 10.8. The van der Waals surface area contributed by atoms with E-state index in [1.807, 2.05) is 0 Å². The molecule has 0 saturated heterocycles. The van der Waals surface area contributed by atoms with E-state index < -0.39 is 24.0 Å². The maximum absolute atomic E-state index is 13.5. The molecule has 0 bridgehead atoms. The molecular formula is C46H90N8O5. The molecule has 13 heteroatoms. The second-order valence-corrected chi connectivity index (χ2v) is 16.4. The van der Waals surface area contributed by atoms with Gasteiger partial charge in [-0.1, -0.05) is 103 Å². The Morgan fingerprint density at radius 2 is 0.831 bits per heavy atom. The lowest BCUT2D eigenvalue weighted by atomic mass is 10.0.